The van der Waals surface area contributed by atoms with Gasteiger partial charge in [0, 0.05) is 18.1 Å². The van der Waals surface area contributed by atoms with E-state index >= 15 is 0 Å². The lowest BCUT2D eigenvalue weighted by molar-refractivity contribution is 0.112. The number of nitrogens with zero attached hydrogens (tertiary/aromatic N) is 1. The van der Waals surface area contributed by atoms with Crippen molar-refractivity contribution >= 4 is 0 Å². The topological polar surface area (TPSA) is 49.5 Å². The molecule has 1 aliphatic carbocycles. The molecule has 0 amide bonds. The molecule has 0 heterocycles. The van der Waals surface area contributed by atoms with Gasteiger partial charge >= 0.3 is 0 Å². The van der Waals surface area contributed by atoms with E-state index in [1.165, 1.54) is 25.7 Å². The van der Waals surface area contributed by atoms with Gasteiger partial charge in [-0.1, -0.05) is 6.92 Å². The van der Waals surface area contributed by atoms with Gasteiger partial charge in [-0.3, -0.25) is 0 Å². The van der Waals surface area contributed by atoms with Crippen LogP contribution in [0.4, 0.5) is 0 Å². The third-order valence-corrected chi connectivity index (χ3v) is 3.58. The zero-order chi connectivity index (χ0) is 11.5. The molecule has 0 aromatic carbocycles. The fraction of sp³-hybridized carbons (Fsp3) is 1.00. The highest BCUT2D eigenvalue weighted by Crippen LogP contribution is 2.26. The van der Waals surface area contributed by atoms with Crippen LogP contribution < -0.4 is 5.73 Å². The van der Waals surface area contributed by atoms with Crippen molar-refractivity contribution in [2.45, 2.75) is 51.1 Å². The van der Waals surface area contributed by atoms with Crippen molar-refractivity contribution in [2.75, 3.05) is 20.2 Å². The summed E-state index contributed by atoms with van der Waals surface area (Å²) in [5.74, 6) is 0.886. The summed E-state index contributed by atoms with van der Waals surface area (Å²) in [6, 6.07) is 0.663. The summed E-state index contributed by atoms with van der Waals surface area (Å²) < 4.78 is 0. The molecule has 3 nitrogen and oxygen atoms in total. The van der Waals surface area contributed by atoms with Gasteiger partial charge in [0.15, 0.2) is 0 Å². The number of rotatable bonds is 4. The smallest absolute Gasteiger partial charge is 0.0621 e. The molecule has 15 heavy (non-hydrogen) atoms. The minimum absolute atomic E-state index is 0.0560. The highest BCUT2D eigenvalue weighted by molar-refractivity contribution is 4.85. The van der Waals surface area contributed by atoms with Crippen molar-refractivity contribution in [1.29, 1.82) is 0 Å². The first kappa shape index (κ1) is 12.9. The third-order valence-electron chi connectivity index (χ3n) is 3.58. The molecule has 1 aliphatic rings. The SMILES string of the molecule is CC1CCC(N(C)CC(C)(N)CO)CC1. The Bertz CT molecular complexity index is 186. The van der Waals surface area contributed by atoms with Crippen LogP contribution in [0.1, 0.15) is 39.5 Å². The van der Waals surface area contributed by atoms with Gasteiger partial charge in [-0.25, -0.2) is 0 Å². The molecule has 0 saturated heterocycles. The molecule has 0 aromatic rings. The van der Waals surface area contributed by atoms with E-state index in [0.29, 0.717) is 6.04 Å². The van der Waals surface area contributed by atoms with Crippen molar-refractivity contribution in [3.8, 4) is 0 Å². The molecule has 0 spiro atoms. The number of aliphatic hydroxyl groups excluding tert-OH is 1. The van der Waals surface area contributed by atoms with Gasteiger partial charge < -0.3 is 15.7 Å². The Morgan fingerprint density at radius 2 is 1.87 bits per heavy atom. The van der Waals surface area contributed by atoms with Crippen molar-refractivity contribution in [2.24, 2.45) is 11.7 Å². The Morgan fingerprint density at radius 1 is 1.33 bits per heavy atom. The van der Waals surface area contributed by atoms with Crippen LogP contribution in [-0.2, 0) is 0 Å². The van der Waals surface area contributed by atoms with Gasteiger partial charge in [0.1, 0.15) is 0 Å². The molecule has 1 fully saturated rings. The van der Waals surface area contributed by atoms with E-state index in [1.54, 1.807) is 0 Å². The largest absolute Gasteiger partial charge is 0.394 e. The van der Waals surface area contributed by atoms with Gasteiger partial charge in [-0.15, -0.1) is 0 Å². The Hall–Kier alpha value is -0.120. The van der Waals surface area contributed by atoms with Crippen molar-refractivity contribution in [3.05, 3.63) is 0 Å². The lowest BCUT2D eigenvalue weighted by Crippen LogP contribution is -2.52. The molecule has 0 aromatic heterocycles. The Kier molecular flexibility index (Phi) is 4.56. The molecule has 3 N–H and O–H groups in total. The van der Waals surface area contributed by atoms with Crippen molar-refractivity contribution < 1.29 is 5.11 Å². The van der Waals surface area contributed by atoms with Crippen LogP contribution in [0.2, 0.25) is 0 Å². The number of nitrogens with two attached hydrogens (primary N) is 1. The fourth-order valence-electron chi connectivity index (χ4n) is 2.43. The molecule has 0 bridgehead atoms. The van der Waals surface area contributed by atoms with E-state index in [1.807, 2.05) is 6.92 Å². The summed E-state index contributed by atoms with van der Waals surface area (Å²) >= 11 is 0. The van der Waals surface area contributed by atoms with Crippen LogP contribution in [-0.4, -0.2) is 41.8 Å². The molecule has 0 radical (unpaired) electrons. The quantitative estimate of drug-likeness (QED) is 0.739. The standard InChI is InChI=1S/C12H26N2O/c1-10-4-6-11(7-5-10)14(3)8-12(2,13)9-15/h10-11,15H,4-9,13H2,1-3H3. The lowest BCUT2D eigenvalue weighted by atomic mass is 9.86. The van der Waals surface area contributed by atoms with Crippen LogP contribution in [0, 0.1) is 5.92 Å². The van der Waals surface area contributed by atoms with Crippen LogP contribution in [0.25, 0.3) is 0 Å². The average Bonchev–Trinajstić information content (AvgIpc) is 2.18. The summed E-state index contributed by atoms with van der Waals surface area (Å²) in [5.41, 5.74) is 5.50. The fourth-order valence-corrected chi connectivity index (χ4v) is 2.43. The average molecular weight is 214 g/mol. The zero-order valence-corrected chi connectivity index (χ0v) is 10.4. The van der Waals surface area contributed by atoms with E-state index in [4.69, 9.17) is 10.8 Å². The van der Waals surface area contributed by atoms with Crippen molar-refractivity contribution in [1.82, 2.24) is 4.90 Å². The maximum atomic E-state index is 9.13. The normalized spacial score (nSPS) is 31.6. The van der Waals surface area contributed by atoms with Gasteiger partial charge in [-0.2, -0.15) is 0 Å². The number of hydrogen-bond donors (Lipinski definition) is 2. The molecule has 1 unspecified atom stereocenters. The summed E-state index contributed by atoms with van der Waals surface area (Å²) in [4.78, 5) is 2.32. The minimum Gasteiger partial charge on any atom is -0.394 e. The molecule has 1 rings (SSSR count). The van der Waals surface area contributed by atoms with E-state index in [9.17, 15) is 0 Å². The molecule has 1 saturated carbocycles. The summed E-state index contributed by atoms with van der Waals surface area (Å²) in [7, 11) is 2.13. The van der Waals surface area contributed by atoms with E-state index < -0.39 is 5.54 Å². The first-order chi connectivity index (χ1) is 6.94. The molecule has 1 atom stereocenters. The predicted octanol–water partition coefficient (Wildman–Crippen LogP) is 1.21. The Morgan fingerprint density at radius 3 is 2.33 bits per heavy atom. The third kappa shape index (κ3) is 4.09. The second-order valence-corrected chi connectivity index (χ2v) is 5.64. The predicted molar refractivity (Wildman–Crippen MR) is 63.7 cm³/mol. The highest BCUT2D eigenvalue weighted by Gasteiger charge is 2.26. The van der Waals surface area contributed by atoms with Gasteiger partial charge in [0.05, 0.1) is 6.61 Å². The molecular formula is C12H26N2O. The van der Waals surface area contributed by atoms with Gasteiger partial charge in [0.25, 0.3) is 0 Å². The summed E-state index contributed by atoms with van der Waals surface area (Å²) in [5, 5.41) is 9.13. The minimum atomic E-state index is -0.461. The molecular weight excluding hydrogens is 188 g/mol. The maximum absolute atomic E-state index is 9.13. The zero-order valence-electron chi connectivity index (χ0n) is 10.4. The molecule has 3 heteroatoms. The lowest BCUT2D eigenvalue weighted by Gasteiger charge is -2.37. The highest BCUT2D eigenvalue weighted by atomic mass is 16.3. The molecule has 0 aliphatic heterocycles. The molecule has 90 valence electrons. The van der Waals surface area contributed by atoms with E-state index in [-0.39, 0.29) is 6.61 Å². The number of likely N-dealkylation sites (N-methyl/N-ethyl adjacent to an activating group) is 1. The van der Waals surface area contributed by atoms with E-state index in [0.717, 1.165) is 12.5 Å². The summed E-state index contributed by atoms with van der Waals surface area (Å²) in [6.45, 7) is 5.08. The number of aliphatic hydroxyl groups is 1. The monoisotopic (exact) mass is 214 g/mol. The second-order valence-electron chi connectivity index (χ2n) is 5.64. The first-order valence-corrected chi connectivity index (χ1v) is 6.04. The van der Waals surface area contributed by atoms with Crippen LogP contribution in [0.15, 0.2) is 0 Å². The van der Waals surface area contributed by atoms with Crippen molar-refractivity contribution in [3.63, 3.8) is 0 Å². The van der Waals surface area contributed by atoms with Crippen LogP contribution in [0.5, 0.6) is 0 Å². The van der Waals surface area contributed by atoms with Gasteiger partial charge in [-0.05, 0) is 45.6 Å². The Balaban J connectivity index is 2.37. The van der Waals surface area contributed by atoms with Crippen LogP contribution in [0.3, 0.4) is 0 Å². The van der Waals surface area contributed by atoms with Gasteiger partial charge in [0.2, 0.25) is 0 Å². The van der Waals surface area contributed by atoms with E-state index in [2.05, 4.69) is 18.9 Å². The Labute approximate surface area is 93.6 Å². The maximum Gasteiger partial charge on any atom is 0.0621 e. The number of hydrogen-bond acceptors (Lipinski definition) is 3. The first-order valence-electron chi connectivity index (χ1n) is 6.04. The second kappa shape index (κ2) is 5.28. The summed E-state index contributed by atoms with van der Waals surface area (Å²) in [6.07, 6.45) is 5.21. The van der Waals surface area contributed by atoms with Crippen LogP contribution >= 0.6 is 0 Å².